The fourth-order valence-electron chi connectivity index (χ4n) is 3.06. The van der Waals surface area contributed by atoms with Gasteiger partial charge < -0.3 is 5.73 Å². The summed E-state index contributed by atoms with van der Waals surface area (Å²) in [5.41, 5.74) is 9.68. The van der Waals surface area contributed by atoms with Crippen molar-refractivity contribution in [2.45, 2.75) is 6.92 Å². The summed E-state index contributed by atoms with van der Waals surface area (Å²) >= 11 is 1.30. The smallest absolute Gasteiger partial charge is 0.261 e. The fraction of sp³-hybridized carbons (Fsp3) is 0.0435. The zero-order valence-electron chi connectivity index (χ0n) is 16.7. The number of nitrogens with two attached hydrogens (primary N) is 1. The van der Waals surface area contributed by atoms with Gasteiger partial charge in [0, 0.05) is 24.2 Å². The number of amides is 1. The minimum Gasteiger partial charge on any atom is -0.365 e. The number of carbonyl (C=O) groups excluding carboxylic acids is 1. The Morgan fingerprint density at radius 3 is 2.23 bits per heavy atom. The number of fused-ring (bicyclic) bond motifs is 1. The Kier molecular flexibility index (Phi) is 7.12. The first kappa shape index (κ1) is 22.1. The molecule has 1 amide bonds. The Morgan fingerprint density at radius 1 is 0.935 bits per heavy atom. The maximum absolute atomic E-state index is 11.9. The summed E-state index contributed by atoms with van der Waals surface area (Å²) in [6, 6.07) is 21.1. The van der Waals surface area contributed by atoms with E-state index in [2.05, 4.69) is 9.97 Å². The maximum atomic E-state index is 11.9. The Morgan fingerprint density at radius 2 is 1.61 bits per heavy atom. The Labute approximate surface area is 189 Å². The van der Waals surface area contributed by atoms with Crippen LogP contribution in [0.25, 0.3) is 27.6 Å². The largest absolute Gasteiger partial charge is 0.365 e. The maximum Gasteiger partial charge on any atom is 0.261 e. The molecule has 1 aromatic carbocycles. The SMILES string of the molecule is Cc1nc2ccccn2c1-c1nc(-c2ccccc2)c(C(N)=O)s1.Cl.c1ccncc1. The number of pyridine rings is 2. The number of halogens is 1. The average molecular weight is 450 g/mol. The van der Waals surface area contributed by atoms with E-state index in [1.54, 1.807) is 12.4 Å². The van der Waals surface area contributed by atoms with E-state index < -0.39 is 5.91 Å². The molecule has 5 aromatic rings. The van der Waals surface area contributed by atoms with E-state index in [0.717, 1.165) is 27.6 Å². The van der Waals surface area contributed by atoms with Gasteiger partial charge in [0.15, 0.2) is 0 Å². The third-order valence-electron chi connectivity index (χ3n) is 4.37. The van der Waals surface area contributed by atoms with Crippen LogP contribution < -0.4 is 5.73 Å². The number of thiazole rings is 1. The second-order valence-corrected chi connectivity index (χ2v) is 7.43. The van der Waals surface area contributed by atoms with Crippen LogP contribution in [0.1, 0.15) is 15.4 Å². The summed E-state index contributed by atoms with van der Waals surface area (Å²) < 4.78 is 1.98. The molecular formula is C23H20ClN5OS. The molecule has 6 nitrogen and oxygen atoms in total. The van der Waals surface area contributed by atoms with Crippen LogP contribution in [0, 0.1) is 6.92 Å². The lowest BCUT2D eigenvalue weighted by Crippen LogP contribution is -2.10. The highest BCUT2D eigenvalue weighted by atomic mass is 35.5. The molecule has 0 aliphatic carbocycles. The van der Waals surface area contributed by atoms with Gasteiger partial charge in [0.2, 0.25) is 0 Å². The van der Waals surface area contributed by atoms with Crippen molar-refractivity contribution >= 4 is 35.3 Å². The quantitative estimate of drug-likeness (QED) is 0.418. The van der Waals surface area contributed by atoms with Gasteiger partial charge in [-0.15, -0.1) is 23.7 Å². The van der Waals surface area contributed by atoms with Gasteiger partial charge in [-0.3, -0.25) is 14.2 Å². The predicted molar refractivity (Wildman–Crippen MR) is 126 cm³/mol. The van der Waals surface area contributed by atoms with Crippen molar-refractivity contribution in [2.24, 2.45) is 5.73 Å². The lowest BCUT2D eigenvalue weighted by molar-refractivity contribution is 0.100. The Balaban J connectivity index is 0.000000338. The molecule has 0 bridgehead atoms. The summed E-state index contributed by atoms with van der Waals surface area (Å²) in [4.78, 5) is 25.4. The molecule has 0 spiro atoms. The number of aromatic nitrogens is 4. The van der Waals surface area contributed by atoms with Crippen molar-refractivity contribution in [1.82, 2.24) is 19.4 Å². The van der Waals surface area contributed by atoms with E-state index in [1.165, 1.54) is 11.3 Å². The first-order valence-corrected chi connectivity index (χ1v) is 10.1. The molecule has 0 aliphatic heterocycles. The molecule has 0 radical (unpaired) electrons. The molecule has 156 valence electrons. The van der Waals surface area contributed by atoms with Crippen LogP contribution in [0.15, 0.2) is 85.3 Å². The van der Waals surface area contributed by atoms with Crippen LogP contribution in [0.3, 0.4) is 0 Å². The molecule has 5 rings (SSSR count). The number of rotatable bonds is 3. The number of carbonyl (C=O) groups is 1. The summed E-state index contributed by atoms with van der Waals surface area (Å²) in [5.74, 6) is -0.468. The first-order chi connectivity index (χ1) is 14.6. The number of nitrogens with zero attached hydrogens (tertiary/aromatic N) is 4. The molecule has 4 heterocycles. The number of primary amides is 1. The molecular weight excluding hydrogens is 430 g/mol. The molecule has 0 saturated heterocycles. The fourth-order valence-corrected chi connectivity index (χ4v) is 4.10. The second-order valence-electron chi connectivity index (χ2n) is 6.43. The third-order valence-corrected chi connectivity index (χ3v) is 5.45. The van der Waals surface area contributed by atoms with Crippen molar-refractivity contribution < 1.29 is 4.79 Å². The lowest BCUT2D eigenvalue weighted by atomic mass is 10.1. The summed E-state index contributed by atoms with van der Waals surface area (Å²) in [6.45, 7) is 1.94. The van der Waals surface area contributed by atoms with Gasteiger partial charge in [-0.05, 0) is 31.2 Å². The van der Waals surface area contributed by atoms with Gasteiger partial charge in [0.05, 0.1) is 11.4 Å². The van der Waals surface area contributed by atoms with Crippen molar-refractivity contribution in [3.05, 3.63) is 95.9 Å². The number of hydrogen-bond donors (Lipinski definition) is 1. The van der Waals surface area contributed by atoms with E-state index >= 15 is 0 Å². The van der Waals surface area contributed by atoms with Gasteiger partial charge in [-0.1, -0.05) is 42.5 Å². The van der Waals surface area contributed by atoms with Gasteiger partial charge in [-0.25, -0.2) is 9.97 Å². The minimum absolute atomic E-state index is 0. The van der Waals surface area contributed by atoms with Crippen molar-refractivity contribution in [3.63, 3.8) is 0 Å². The zero-order valence-corrected chi connectivity index (χ0v) is 18.3. The van der Waals surface area contributed by atoms with Crippen molar-refractivity contribution in [1.29, 1.82) is 0 Å². The molecule has 31 heavy (non-hydrogen) atoms. The van der Waals surface area contributed by atoms with E-state index in [-0.39, 0.29) is 12.4 Å². The highest BCUT2D eigenvalue weighted by molar-refractivity contribution is 7.17. The van der Waals surface area contributed by atoms with E-state index in [1.807, 2.05) is 84.3 Å². The van der Waals surface area contributed by atoms with Gasteiger partial charge in [0.1, 0.15) is 21.2 Å². The average Bonchev–Trinajstić information content (AvgIpc) is 3.36. The molecule has 0 fully saturated rings. The van der Waals surface area contributed by atoms with E-state index in [4.69, 9.17) is 10.7 Å². The third kappa shape index (κ3) is 4.79. The molecule has 0 unspecified atom stereocenters. The molecule has 0 atom stereocenters. The number of hydrogen-bond acceptors (Lipinski definition) is 5. The highest BCUT2D eigenvalue weighted by Crippen LogP contribution is 2.35. The Hall–Kier alpha value is -3.55. The van der Waals surface area contributed by atoms with Crippen molar-refractivity contribution in [2.75, 3.05) is 0 Å². The van der Waals surface area contributed by atoms with Crippen LogP contribution >= 0.6 is 23.7 Å². The van der Waals surface area contributed by atoms with E-state index in [0.29, 0.717) is 10.6 Å². The van der Waals surface area contributed by atoms with Gasteiger partial charge in [0.25, 0.3) is 5.91 Å². The normalized spacial score (nSPS) is 10.1. The summed E-state index contributed by atoms with van der Waals surface area (Å²) in [7, 11) is 0. The van der Waals surface area contributed by atoms with Gasteiger partial charge >= 0.3 is 0 Å². The first-order valence-electron chi connectivity index (χ1n) is 9.30. The molecule has 4 aromatic heterocycles. The van der Waals surface area contributed by atoms with Crippen LogP contribution in [0.2, 0.25) is 0 Å². The number of benzene rings is 1. The standard InChI is InChI=1S/C18H14N4OS.C5H5N.ClH/c1-11-15(22-10-6-5-9-13(22)20-11)18-21-14(16(24-18)17(19)23)12-7-3-2-4-8-12;1-2-4-6-5-3-1;/h2-10H,1H3,(H2,19,23);1-5H;1H. The lowest BCUT2D eigenvalue weighted by Gasteiger charge is -1.99. The zero-order chi connectivity index (χ0) is 20.9. The molecule has 2 N–H and O–H groups in total. The van der Waals surface area contributed by atoms with Crippen LogP contribution in [-0.4, -0.2) is 25.3 Å². The molecule has 0 aliphatic rings. The summed E-state index contributed by atoms with van der Waals surface area (Å²) in [6.07, 6.45) is 5.44. The Bertz CT molecular complexity index is 1260. The highest BCUT2D eigenvalue weighted by Gasteiger charge is 2.21. The molecule has 0 saturated carbocycles. The summed E-state index contributed by atoms with van der Waals surface area (Å²) in [5, 5.41) is 0.735. The minimum atomic E-state index is -0.468. The second kappa shape index (κ2) is 9.97. The number of aryl methyl sites for hydroxylation is 1. The van der Waals surface area contributed by atoms with Crippen LogP contribution in [0.5, 0.6) is 0 Å². The van der Waals surface area contributed by atoms with Crippen molar-refractivity contribution in [3.8, 4) is 22.0 Å². The molecule has 8 heteroatoms. The predicted octanol–water partition coefficient (Wildman–Crippen LogP) is 5.04. The topological polar surface area (TPSA) is 86.2 Å². The van der Waals surface area contributed by atoms with Crippen LogP contribution in [-0.2, 0) is 0 Å². The number of imidazole rings is 1. The van der Waals surface area contributed by atoms with E-state index in [9.17, 15) is 4.79 Å². The monoisotopic (exact) mass is 449 g/mol. The van der Waals surface area contributed by atoms with Gasteiger partial charge in [-0.2, -0.15) is 0 Å². The van der Waals surface area contributed by atoms with Crippen LogP contribution in [0.4, 0.5) is 0 Å².